The minimum Gasteiger partial charge on any atom is -0.0740 e. The van der Waals surface area contributed by atoms with E-state index in [1.54, 1.807) is 0 Å². The van der Waals surface area contributed by atoms with Crippen LogP contribution in [-0.4, -0.2) is 0 Å². The molecule has 3 rings (SSSR count). The zero-order valence-corrected chi connectivity index (χ0v) is 13.0. The highest BCUT2D eigenvalue weighted by atomic mass is 15.1. The van der Waals surface area contributed by atoms with Crippen LogP contribution in [-0.2, 0) is 5.41 Å². The number of rotatable bonds is 3. The Hall–Kier alpha value is -3.47. The molecule has 24 heavy (non-hydrogen) atoms. The van der Waals surface area contributed by atoms with Gasteiger partial charge in [-0.2, -0.15) is 0 Å². The molecule has 0 amide bonds. The molecular formula is C21H15N3. The van der Waals surface area contributed by atoms with Gasteiger partial charge in [-0.15, -0.1) is 0 Å². The standard InChI is InChI=1S/C21H15N3/c22-24-23-17-16-21(18-10-4-1-5-11-18,19-12-6-2-7-13-19)20-14-8-3-9-15-20/h1-15H. The second-order valence-electron chi connectivity index (χ2n) is 5.27. The lowest BCUT2D eigenvalue weighted by molar-refractivity contribution is 0.808. The van der Waals surface area contributed by atoms with E-state index in [1.807, 2.05) is 91.0 Å². The third-order valence-electron chi connectivity index (χ3n) is 3.96. The van der Waals surface area contributed by atoms with Crippen LogP contribution in [0.5, 0.6) is 0 Å². The van der Waals surface area contributed by atoms with Gasteiger partial charge in [-0.3, -0.25) is 0 Å². The molecule has 3 heteroatoms. The van der Waals surface area contributed by atoms with Gasteiger partial charge in [0.15, 0.2) is 0 Å². The molecule has 3 aromatic carbocycles. The molecule has 0 aliphatic carbocycles. The van der Waals surface area contributed by atoms with Crippen molar-refractivity contribution in [1.29, 1.82) is 0 Å². The molecule has 0 bridgehead atoms. The Morgan fingerprint density at radius 3 is 1.38 bits per heavy atom. The first-order valence-corrected chi connectivity index (χ1v) is 7.61. The Labute approximate surface area is 141 Å². The third-order valence-corrected chi connectivity index (χ3v) is 3.96. The molecule has 0 N–H and O–H groups in total. The monoisotopic (exact) mass is 309 g/mol. The van der Waals surface area contributed by atoms with Crippen molar-refractivity contribution in [2.24, 2.45) is 5.11 Å². The fraction of sp³-hybridized carbons (Fsp3) is 0.0476. The number of hydrogen-bond donors (Lipinski definition) is 0. The minimum absolute atomic E-state index is 0.696. The van der Waals surface area contributed by atoms with Gasteiger partial charge < -0.3 is 0 Å². The van der Waals surface area contributed by atoms with Crippen molar-refractivity contribution in [2.75, 3.05) is 0 Å². The van der Waals surface area contributed by atoms with Crippen LogP contribution in [0.4, 0.5) is 0 Å². The van der Waals surface area contributed by atoms with E-state index in [-0.39, 0.29) is 0 Å². The quantitative estimate of drug-likeness (QED) is 0.207. The summed E-state index contributed by atoms with van der Waals surface area (Å²) in [5.74, 6) is 3.21. The largest absolute Gasteiger partial charge is 0.106 e. The summed E-state index contributed by atoms with van der Waals surface area (Å²) in [4.78, 5) is 2.77. The fourth-order valence-corrected chi connectivity index (χ4v) is 2.91. The summed E-state index contributed by atoms with van der Waals surface area (Å²) in [5.41, 5.74) is 11.0. The number of azide groups is 1. The summed E-state index contributed by atoms with van der Waals surface area (Å²) in [6.45, 7) is 0. The molecule has 0 fully saturated rings. The summed E-state index contributed by atoms with van der Waals surface area (Å²) >= 11 is 0. The highest BCUT2D eigenvalue weighted by Crippen LogP contribution is 2.38. The number of benzene rings is 3. The molecular weight excluding hydrogens is 294 g/mol. The first-order chi connectivity index (χ1) is 11.9. The molecule has 3 nitrogen and oxygen atoms in total. The molecule has 0 saturated heterocycles. The van der Waals surface area contributed by atoms with Crippen LogP contribution >= 0.6 is 0 Å². The lowest BCUT2D eigenvalue weighted by Crippen LogP contribution is -2.27. The number of hydrogen-bond acceptors (Lipinski definition) is 1. The first-order valence-electron chi connectivity index (χ1n) is 7.61. The maximum atomic E-state index is 8.63. The second-order valence-corrected chi connectivity index (χ2v) is 5.27. The average molecular weight is 309 g/mol. The minimum atomic E-state index is -0.696. The lowest BCUT2D eigenvalue weighted by Gasteiger charge is -2.30. The normalized spacial score (nSPS) is 10.2. The fourth-order valence-electron chi connectivity index (χ4n) is 2.91. The van der Waals surface area contributed by atoms with Gasteiger partial charge >= 0.3 is 0 Å². The highest BCUT2D eigenvalue weighted by Gasteiger charge is 2.34. The van der Waals surface area contributed by atoms with Crippen LogP contribution in [0.15, 0.2) is 96.1 Å². The van der Waals surface area contributed by atoms with Crippen molar-refractivity contribution in [3.8, 4) is 12.0 Å². The Bertz CT molecular complexity index is 804. The van der Waals surface area contributed by atoms with Gasteiger partial charge in [-0.25, -0.2) is 0 Å². The lowest BCUT2D eigenvalue weighted by atomic mass is 9.70. The summed E-state index contributed by atoms with van der Waals surface area (Å²) in [6, 6.07) is 32.8. The summed E-state index contributed by atoms with van der Waals surface area (Å²) < 4.78 is 0. The Morgan fingerprint density at radius 2 is 1.04 bits per heavy atom. The average Bonchev–Trinajstić information content (AvgIpc) is 2.68. The molecule has 0 saturated carbocycles. The maximum absolute atomic E-state index is 8.63. The van der Waals surface area contributed by atoms with Gasteiger partial charge in [0.25, 0.3) is 0 Å². The van der Waals surface area contributed by atoms with Gasteiger partial charge in [0.1, 0.15) is 5.41 Å². The van der Waals surface area contributed by atoms with Crippen LogP contribution < -0.4 is 0 Å². The molecule has 0 radical (unpaired) electrons. The molecule has 114 valence electrons. The molecule has 0 atom stereocenters. The maximum Gasteiger partial charge on any atom is 0.106 e. The van der Waals surface area contributed by atoms with Gasteiger partial charge in [0.2, 0.25) is 0 Å². The highest BCUT2D eigenvalue weighted by molar-refractivity contribution is 5.57. The van der Waals surface area contributed by atoms with Crippen molar-refractivity contribution in [3.05, 3.63) is 118 Å². The predicted octanol–water partition coefficient (Wildman–Crippen LogP) is 5.29. The van der Waals surface area contributed by atoms with Crippen LogP contribution in [0.25, 0.3) is 10.4 Å². The Kier molecular flexibility index (Phi) is 4.62. The zero-order valence-electron chi connectivity index (χ0n) is 13.0. The van der Waals surface area contributed by atoms with E-state index in [1.165, 1.54) is 0 Å². The van der Waals surface area contributed by atoms with E-state index in [0.717, 1.165) is 16.7 Å². The van der Waals surface area contributed by atoms with Crippen molar-refractivity contribution < 1.29 is 0 Å². The molecule has 0 aromatic heterocycles. The second kappa shape index (κ2) is 7.19. The number of nitrogens with zero attached hydrogens (tertiary/aromatic N) is 3. The van der Waals surface area contributed by atoms with Gasteiger partial charge in [0.05, 0.1) is 0 Å². The van der Waals surface area contributed by atoms with Gasteiger partial charge in [-0.1, -0.05) is 96.9 Å². The van der Waals surface area contributed by atoms with E-state index in [4.69, 9.17) is 5.53 Å². The van der Waals surface area contributed by atoms with E-state index < -0.39 is 5.41 Å². The molecule has 0 unspecified atom stereocenters. The summed E-state index contributed by atoms with van der Waals surface area (Å²) in [6.07, 6.45) is 0. The van der Waals surface area contributed by atoms with Gasteiger partial charge in [0, 0.05) is 4.91 Å². The van der Waals surface area contributed by atoms with Crippen molar-refractivity contribution in [2.45, 2.75) is 5.41 Å². The van der Waals surface area contributed by atoms with Crippen LogP contribution in [0.1, 0.15) is 16.7 Å². The molecule has 0 aliphatic rings. The van der Waals surface area contributed by atoms with Crippen LogP contribution in [0.3, 0.4) is 0 Å². The van der Waals surface area contributed by atoms with Gasteiger partial charge in [-0.05, 0) is 33.4 Å². The van der Waals surface area contributed by atoms with Crippen LogP contribution in [0, 0.1) is 12.0 Å². The predicted molar refractivity (Wildman–Crippen MR) is 96.1 cm³/mol. The van der Waals surface area contributed by atoms with E-state index in [9.17, 15) is 0 Å². The molecule has 0 aliphatic heterocycles. The first kappa shape index (κ1) is 15.4. The topological polar surface area (TPSA) is 48.8 Å². The Balaban J connectivity index is 2.37. The smallest absolute Gasteiger partial charge is 0.0740 e. The van der Waals surface area contributed by atoms with E-state index in [0.29, 0.717) is 0 Å². The molecule has 0 spiro atoms. The van der Waals surface area contributed by atoms with E-state index >= 15 is 0 Å². The Morgan fingerprint density at radius 1 is 0.667 bits per heavy atom. The van der Waals surface area contributed by atoms with Crippen LogP contribution in [0.2, 0.25) is 0 Å². The summed E-state index contributed by atoms with van der Waals surface area (Å²) in [5, 5.41) is 3.45. The molecule has 3 aromatic rings. The van der Waals surface area contributed by atoms with Crippen molar-refractivity contribution >= 4 is 0 Å². The summed E-state index contributed by atoms with van der Waals surface area (Å²) in [7, 11) is 0. The zero-order chi connectivity index (χ0) is 16.7. The SMILES string of the molecule is [N-]=[N+]=NC#CC(c1ccccc1)(c1ccccc1)c1ccccc1. The van der Waals surface area contributed by atoms with Crippen molar-refractivity contribution in [1.82, 2.24) is 0 Å². The van der Waals surface area contributed by atoms with Crippen molar-refractivity contribution in [3.63, 3.8) is 0 Å². The third kappa shape index (κ3) is 2.87. The van der Waals surface area contributed by atoms with E-state index in [2.05, 4.69) is 22.0 Å². The molecule has 0 heterocycles.